The second-order valence-electron chi connectivity index (χ2n) is 5.06. The van der Waals surface area contributed by atoms with Gasteiger partial charge in [-0.05, 0) is 29.6 Å². The summed E-state index contributed by atoms with van der Waals surface area (Å²) in [6.45, 7) is 1.53. The average molecular weight is 298 g/mol. The lowest BCUT2D eigenvalue weighted by Crippen LogP contribution is -2.42. The Morgan fingerprint density at radius 2 is 2.19 bits per heavy atom. The molecule has 1 atom stereocenters. The van der Waals surface area contributed by atoms with Crippen LogP contribution in [0.25, 0.3) is 0 Å². The Balaban J connectivity index is 1.78. The Morgan fingerprint density at radius 1 is 1.24 bits per heavy atom. The zero-order valence-electron chi connectivity index (χ0n) is 11.3. The van der Waals surface area contributed by atoms with Crippen LogP contribution in [0.5, 0.6) is 0 Å². The smallest absolute Gasteiger partial charge is 0.264 e. The molecule has 3 aromatic heterocycles. The van der Waals surface area contributed by atoms with Crippen molar-refractivity contribution in [1.82, 2.24) is 9.47 Å². The number of carbonyl (C=O) groups is 1. The molecule has 0 saturated heterocycles. The largest absolute Gasteiger partial charge is 0.472 e. The fourth-order valence-electron chi connectivity index (χ4n) is 2.93. The quantitative estimate of drug-likeness (QED) is 0.727. The van der Waals surface area contributed by atoms with Gasteiger partial charge in [-0.2, -0.15) is 0 Å². The fourth-order valence-corrected chi connectivity index (χ4v) is 3.60. The first-order valence-corrected chi connectivity index (χ1v) is 7.74. The monoisotopic (exact) mass is 298 g/mol. The second kappa shape index (κ2) is 4.93. The summed E-state index contributed by atoms with van der Waals surface area (Å²) in [5.74, 6) is 0.0867. The number of rotatable bonds is 2. The van der Waals surface area contributed by atoms with Crippen LogP contribution in [0, 0.1) is 0 Å². The van der Waals surface area contributed by atoms with Gasteiger partial charge >= 0.3 is 0 Å². The lowest BCUT2D eigenvalue weighted by molar-refractivity contribution is 0.0668. The summed E-state index contributed by atoms with van der Waals surface area (Å²) in [6.07, 6.45) is 5.45. The van der Waals surface area contributed by atoms with Gasteiger partial charge in [-0.25, -0.2) is 0 Å². The summed E-state index contributed by atoms with van der Waals surface area (Å²) in [5.41, 5.74) is 2.15. The SMILES string of the molecule is O=C(c1cccs1)N1CCn2cccc2[C@H]1c1ccoc1. The number of hydrogen-bond acceptors (Lipinski definition) is 3. The number of hydrogen-bond donors (Lipinski definition) is 0. The molecule has 106 valence electrons. The highest BCUT2D eigenvalue weighted by Crippen LogP contribution is 2.34. The zero-order chi connectivity index (χ0) is 14.2. The van der Waals surface area contributed by atoms with Crippen LogP contribution >= 0.6 is 11.3 Å². The molecule has 1 amide bonds. The Hall–Kier alpha value is -2.27. The highest BCUT2D eigenvalue weighted by molar-refractivity contribution is 7.12. The van der Waals surface area contributed by atoms with E-state index in [1.165, 1.54) is 11.3 Å². The van der Waals surface area contributed by atoms with E-state index in [0.717, 1.165) is 22.7 Å². The van der Waals surface area contributed by atoms with Gasteiger partial charge < -0.3 is 13.9 Å². The van der Waals surface area contributed by atoms with Crippen LogP contribution in [0.3, 0.4) is 0 Å². The Labute approximate surface area is 126 Å². The number of nitrogens with zero attached hydrogens (tertiary/aromatic N) is 2. The Morgan fingerprint density at radius 3 is 2.95 bits per heavy atom. The summed E-state index contributed by atoms with van der Waals surface area (Å²) in [4.78, 5) is 15.5. The molecule has 0 radical (unpaired) electrons. The van der Waals surface area contributed by atoms with Gasteiger partial charge in [0.15, 0.2) is 0 Å². The van der Waals surface area contributed by atoms with E-state index in [9.17, 15) is 4.79 Å². The predicted octanol–water partition coefficient (Wildman–Crippen LogP) is 3.39. The van der Waals surface area contributed by atoms with Gasteiger partial charge in [0.25, 0.3) is 5.91 Å². The maximum Gasteiger partial charge on any atom is 0.264 e. The number of amides is 1. The molecule has 3 aromatic rings. The lowest BCUT2D eigenvalue weighted by Gasteiger charge is -2.36. The van der Waals surface area contributed by atoms with Crippen molar-refractivity contribution in [2.45, 2.75) is 12.6 Å². The number of fused-ring (bicyclic) bond motifs is 1. The second-order valence-corrected chi connectivity index (χ2v) is 6.01. The maximum atomic E-state index is 12.8. The highest BCUT2D eigenvalue weighted by Gasteiger charge is 2.33. The molecule has 0 N–H and O–H groups in total. The first kappa shape index (κ1) is 12.5. The van der Waals surface area contributed by atoms with E-state index in [0.29, 0.717) is 6.54 Å². The predicted molar refractivity (Wildman–Crippen MR) is 80.3 cm³/mol. The molecule has 0 unspecified atom stereocenters. The lowest BCUT2D eigenvalue weighted by atomic mass is 10.0. The van der Waals surface area contributed by atoms with Gasteiger partial charge in [0.1, 0.15) is 6.04 Å². The number of furan rings is 1. The van der Waals surface area contributed by atoms with Gasteiger partial charge in [0, 0.05) is 30.5 Å². The molecule has 0 fully saturated rings. The van der Waals surface area contributed by atoms with Crippen LogP contribution in [0.4, 0.5) is 0 Å². The highest BCUT2D eigenvalue weighted by atomic mass is 32.1. The van der Waals surface area contributed by atoms with E-state index in [4.69, 9.17) is 4.42 Å². The molecule has 0 aromatic carbocycles. The molecule has 1 aliphatic rings. The molecule has 0 saturated carbocycles. The molecule has 0 aliphatic carbocycles. The van der Waals surface area contributed by atoms with E-state index >= 15 is 0 Å². The molecule has 0 spiro atoms. The van der Waals surface area contributed by atoms with Crippen LogP contribution in [0.15, 0.2) is 58.9 Å². The average Bonchev–Trinajstić information content (AvgIpc) is 3.25. The third-order valence-electron chi connectivity index (χ3n) is 3.89. The molecule has 21 heavy (non-hydrogen) atoms. The van der Waals surface area contributed by atoms with E-state index in [-0.39, 0.29) is 11.9 Å². The summed E-state index contributed by atoms with van der Waals surface area (Å²) in [7, 11) is 0. The molecule has 5 heteroatoms. The zero-order valence-corrected chi connectivity index (χ0v) is 12.1. The molecule has 0 bridgehead atoms. The van der Waals surface area contributed by atoms with Crippen molar-refractivity contribution in [3.05, 3.63) is 70.6 Å². The van der Waals surface area contributed by atoms with Crippen LogP contribution in [-0.4, -0.2) is 21.9 Å². The minimum atomic E-state index is -0.0814. The third kappa shape index (κ3) is 2.01. The van der Waals surface area contributed by atoms with Gasteiger partial charge in [0.05, 0.1) is 17.4 Å². The number of carbonyl (C=O) groups excluding carboxylic acids is 1. The first-order valence-electron chi connectivity index (χ1n) is 6.86. The topological polar surface area (TPSA) is 38.4 Å². The van der Waals surface area contributed by atoms with Crippen molar-refractivity contribution in [1.29, 1.82) is 0 Å². The van der Waals surface area contributed by atoms with Crippen molar-refractivity contribution in [3.8, 4) is 0 Å². The Kier molecular flexibility index (Phi) is 2.93. The summed E-state index contributed by atoms with van der Waals surface area (Å²) < 4.78 is 7.44. The molecule has 1 aliphatic heterocycles. The van der Waals surface area contributed by atoms with Gasteiger partial charge in [0.2, 0.25) is 0 Å². The van der Waals surface area contributed by atoms with Crippen LogP contribution in [0.2, 0.25) is 0 Å². The number of thiophene rings is 1. The van der Waals surface area contributed by atoms with Crippen LogP contribution < -0.4 is 0 Å². The molecule has 4 rings (SSSR count). The first-order chi connectivity index (χ1) is 10.3. The standard InChI is InChI=1S/C16H14N2O2S/c19-16(14-4-2-10-21-14)18-8-7-17-6-1-3-13(17)15(18)12-5-9-20-11-12/h1-6,9-11,15H,7-8H2/t15-/m1/s1. The number of aromatic nitrogens is 1. The van der Waals surface area contributed by atoms with Crippen molar-refractivity contribution < 1.29 is 9.21 Å². The van der Waals surface area contributed by atoms with Crippen molar-refractivity contribution in [2.75, 3.05) is 6.54 Å². The minimum absolute atomic E-state index is 0.0814. The van der Waals surface area contributed by atoms with E-state index in [1.807, 2.05) is 34.5 Å². The maximum absolute atomic E-state index is 12.8. The molecule has 4 nitrogen and oxygen atoms in total. The third-order valence-corrected chi connectivity index (χ3v) is 4.75. The summed E-state index contributed by atoms with van der Waals surface area (Å²) in [5, 5.41) is 1.94. The Bertz CT molecular complexity index is 743. The molecular weight excluding hydrogens is 284 g/mol. The van der Waals surface area contributed by atoms with Crippen molar-refractivity contribution in [3.63, 3.8) is 0 Å². The summed E-state index contributed by atoms with van der Waals surface area (Å²) in [6, 6.07) is 9.75. The van der Waals surface area contributed by atoms with Gasteiger partial charge in [-0.1, -0.05) is 6.07 Å². The van der Waals surface area contributed by atoms with Crippen molar-refractivity contribution >= 4 is 17.2 Å². The fraction of sp³-hybridized carbons (Fsp3) is 0.188. The van der Waals surface area contributed by atoms with E-state index < -0.39 is 0 Å². The van der Waals surface area contributed by atoms with Gasteiger partial charge in [-0.3, -0.25) is 4.79 Å². The molecular formula is C16H14N2O2S. The molecule has 4 heterocycles. The normalized spacial score (nSPS) is 17.7. The van der Waals surface area contributed by atoms with E-state index in [1.54, 1.807) is 12.5 Å². The minimum Gasteiger partial charge on any atom is -0.472 e. The van der Waals surface area contributed by atoms with Crippen molar-refractivity contribution in [2.24, 2.45) is 0 Å². The van der Waals surface area contributed by atoms with Crippen LogP contribution in [-0.2, 0) is 6.54 Å². The van der Waals surface area contributed by atoms with Crippen LogP contribution in [0.1, 0.15) is 27.0 Å². The summed E-state index contributed by atoms with van der Waals surface area (Å²) >= 11 is 1.49. The van der Waals surface area contributed by atoms with Gasteiger partial charge in [-0.15, -0.1) is 11.3 Å². The van der Waals surface area contributed by atoms with E-state index in [2.05, 4.69) is 16.8 Å².